The van der Waals surface area contributed by atoms with E-state index in [-0.39, 0.29) is 12.7 Å². The second-order valence-electron chi connectivity index (χ2n) is 4.38. The third-order valence-corrected chi connectivity index (χ3v) is 4.18. The third-order valence-electron chi connectivity index (χ3n) is 2.97. The van der Waals surface area contributed by atoms with Crippen LogP contribution in [0.15, 0.2) is 34.8 Å². The Morgan fingerprint density at radius 2 is 1.95 bits per heavy atom. The van der Waals surface area contributed by atoms with Crippen molar-refractivity contribution >= 4 is 44.8 Å². The number of ether oxygens (including phenoxy) is 2. The van der Waals surface area contributed by atoms with Crippen molar-refractivity contribution in [2.45, 2.75) is 0 Å². The highest BCUT2D eigenvalue weighted by atomic mass is 79.9. The van der Waals surface area contributed by atoms with E-state index in [9.17, 15) is 4.79 Å². The number of anilines is 2. The molecule has 0 unspecified atom stereocenters. The number of carbonyl (C=O) groups excluding carboxylic acids is 1. The Bertz CT molecular complexity index is 736. The van der Waals surface area contributed by atoms with E-state index >= 15 is 0 Å². The van der Waals surface area contributed by atoms with Crippen molar-refractivity contribution in [2.75, 3.05) is 17.8 Å². The molecule has 1 aliphatic heterocycles. The number of hydrogen-bond acceptors (Lipinski definition) is 4. The van der Waals surface area contributed by atoms with Gasteiger partial charge in [0.25, 0.3) is 5.91 Å². The summed E-state index contributed by atoms with van der Waals surface area (Å²) in [4.78, 5) is 12.3. The number of benzene rings is 2. The summed E-state index contributed by atoms with van der Waals surface area (Å²) in [5.41, 5.74) is 7.13. The Balaban J connectivity index is 1.87. The SMILES string of the molecule is Nc1cc2c(cc1C(=O)Nc1ccc(Cl)c(Br)c1)OCO2. The van der Waals surface area contributed by atoms with E-state index in [0.717, 1.165) is 0 Å². The van der Waals surface area contributed by atoms with Gasteiger partial charge in [0, 0.05) is 21.9 Å². The van der Waals surface area contributed by atoms with Gasteiger partial charge in [-0.3, -0.25) is 4.79 Å². The van der Waals surface area contributed by atoms with Crippen LogP contribution < -0.4 is 20.5 Å². The van der Waals surface area contributed by atoms with E-state index in [1.807, 2.05) is 0 Å². The molecular formula is C14H10BrClN2O3. The van der Waals surface area contributed by atoms with Crippen molar-refractivity contribution in [1.82, 2.24) is 0 Å². The standard InChI is InChI=1S/C14H10BrClN2O3/c15-9-3-7(1-2-10(9)16)18-14(19)8-4-12-13(5-11(8)17)21-6-20-12/h1-5H,6,17H2,(H,18,19). The van der Waals surface area contributed by atoms with Gasteiger partial charge in [-0.2, -0.15) is 0 Å². The summed E-state index contributed by atoms with van der Waals surface area (Å²) < 4.78 is 11.1. The Kier molecular flexibility index (Phi) is 3.65. The van der Waals surface area contributed by atoms with Crippen molar-refractivity contribution in [1.29, 1.82) is 0 Å². The predicted molar refractivity (Wildman–Crippen MR) is 84.1 cm³/mol. The van der Waals surface area contributed by atoms with Crippen LogP contribution in [-0.4, -0.2) is 12.7 Å². The minimum atomic E-state index is -0.333. The molecule has 108 valence electrons. The molecule has 1 amide bonds. The van der Waals surface area contributed by atoms with E-state index in [0.29, 0.717) is 37.9 Å². The molecule has 1 heterocycles. The topological polar surface area (TPSA) is 73.6 Å². The molecule has 1 aliphatic rings. The van der Waals surface area contributed by atoms with Gasteiger partial charge in [-0.1, -0.05) is 11.6 Å². The van der Waals surface area contributed by atoms with Crippen molar-refractivity contribution in [3.05, 3.63) is 45.4 Å². The third kappa shape index (κ3) is 2.77. The first-order chi connectivity index (χ1) is 10.0. The fourth-order valence-corrected chi connectivity index (χ4v) is 2.42. The number of carbonyl (C=O) groups is 1. The van der Waals surface area contributed by atoms with Crippen LogP contribution in [-0.2, 0) is 0 Å². The smallest absolute Gasteiger partial charge is 0.257 e. The van der Waals surface area contributed by atoms with Gasteiger partial charge in [-0.25, -0.2) is 0 Å². The monoisotopic (exact) mass is 368 g/mol. The summed E-state index contributed by atoms with van der Waals surface area (Å²) in [7, 11) is 0. The van der Waals surface area contributed by atoms with Gasteiger partial charge < -0.3 is 20.5 Å². The number of fused-ring (bicyclic) bond motifs is 1. The summed E-state index contributed by atoms with van der Waals surface area (Å²) in [6, 6.07) is 8.24. The first-order valence-corrected chi connectivity index (χ1v) is 7.17. The van der Waals surface area contributed by atoms with E-state index in [1.165, 1.54) is 0 Å². The lowest BCUT2D eigenvalue weighted by Crippen LogP contribution is -2.14. The molecule has 0 aliphatic carbocycles. The molecule has 0 aromatic heterocycles. The second-order valence-corrected chi connectivity index (χ2v) is 5.64. The van der Waals surface area contributed by atoms with Gasteiger partial charge in [0.05, 0.1) is 10.6 Å². The molecule has 7 heteroatoms. The average Bonchev–Trinajstić information content (AvgIpc) is 2.89. The van der Waals surface area contributed by atoms with Gasteiger partial charge >= 0.3 is 0 Å². The molecule has 2 aromatic carbocycles. The van der Waals surface area contributed by atoms with Crippen LogP contribution >= 0.6 is 27.5 Å². The van der Waals surface area contributed by atoms with Crippen molar-refractivity contribution in [3.63, 3.8) is 0 Å². The molecule has 0 saturated carbocycles. The molecule has 5 nitrogen and oxygen atoms in total. The number of rotatable bonds is 2. The fourth-order valence-electron chi connectivity index (χ4n) is 1.93. The minimum absolute atomic E-state index is 0.129. The lowest BCUT2D eigenvalue weighted by atomic mass is 10.1. The highest BCUT2D eigenvalue weighted by Gasteiger charge is 2.19. The van der Waals surface area contributed by atoms with E-state index in [4.69, 9.17) is 26.8 Å². The number of nitrogen functional groups attached to an aromatic ring is 1. The molecule has 0 spiro atoms. The maximum Gasteiger partial charge on any atom is 0.257 e. The quantitative estimate of drug-likeness (QED) is 0.792. The maximum atomic E-state index is 12.3. The van der Waals surface area contributed by atoms with Gasteiger partial charge in [0.2, 0.25) is 6.79 Å². The highest BCUT2D eigenvalue weighted by Crippen LogP contribution is 2.36. The van der Waals surface area contributed by atoms with Gasteiger partial charge in [-0.15, -0.1) is 0 Å². The number of amides is 1. The number of nitrogens with two attached hydrogens (primary N) is 1. The van der Waals surface area contributed by atoms with Crippen molar-refractivity contribution < 1.29 is 14.3 Å². The molecule has 0 saturated heterocycles. The van der Waals surface area contributed by atoms with Crippen LogP contribution in [0.1, 0.15) is 10.4 Å². The number of hydrogen-bond donors (Lipinski definition) is 2. The van der Waals surface area contributed by atoms with Crippen molar-refractivity contribution in [3.8, 4) is 11.5 Å². The molecule has 21 heavy (non-hydrogen) atoms. The Morgan fingerprint density at radius 3 is 2.67 bits per heavy atom. The highest BCUT2D eigenvalue weighted by molar-refractivity contribution is 9.10. The molecule has 0 bridgehead atoms. The fraction of sp³-hybridized carbons (Fsp3) is 0.0714. The second kappa shape index (κ2) is 5.46. The average molecular weight is 370 g/mol. The van der Waals surface area contributed by atoms with Gasteiger partial charge in [0.15, 0.2) is 11.5 Å². The summed E-state index contributed by atoms with van der Waals surface area (Å²) in [6.45, 7) is 0.129. The molecule has 0 atom stereocenters. The first-order valence-electron chi connectivity index (χ1n) is 6.00. The van der Waals surface area contributed by atoms with Gasteiger partial charge in [-0.05, 0) is 40.2 Å². The lowest BCUT2D eigenvalue weighted by Gasteiger charge is -2.09. The summed E-state index contributed by atoms with van der Waals surface area (Å²) in [5.74, 6) is 0.713. The number of halogens is 2. The van der Waals surface area contributed by atoms with Crippen LogP contribution in [0.5, 0.6) is 11.5 Å². The molecular weight excluding hydrogens is 360 g/mol. The van der Waals surface area contributed by atoms with E-state index in [2.05, 4.69) is 21.2 Å². The zero-order valence-electron chi connectivity index (χ0n) is 10.7. The largest absolute Gasteiger partial charge is 0.454 e. The zero-order chi connectivity index (χ0) is 15.0. The van der Waals surface area contributed by atoms with E-state index < -0.39 is 0 Å². The number of nitrogens with one attached hydrogen (secondary N) is 1. The lowest BCUT2D eigenvalue weighted by molar-refractivity contribution is 0.102. The maximum absolute atomic E-state index is 12.3. The van der Waals surface area contributed by atoms with Crippen LogP contribution in [0.2, 0.25) is 5.02 Å². The van der Waals surface area contributed by atoms with Crippen LogP contribution in [0.3, 0.4) is 0 Å². The molecule has 0 radical (unpaired) electrons. The summed E-state index contributed by atoms with van der Waals surface area (Å²) in [5, 5.41) is 3.32. The molecule has 2 aromatic rings. The minimum Gasteiger partial charge on any atom is -0.454 e. The normalized spacial score (nSPS) is 12.3. The van der Waals surface area contributed by atoms with E-state index in [1.54, 1.807) is 30.3 Å². The molecule has 3 rings (SSSR count). The summed E-state index contributed by atoms with van der Waals surface area (Å²) >= 11 is 9.22. The van der Waals surface area contributed by atoms with Crippen molar-refractivity contribution in [2.24, 2.45) is 0 Å². The zero-order valence-corrected chi connectivity index (χ0v) is 13.0. The Morgan fingerprint density at radius 1 is 1.24 bits per heavy atom. The van der Waals surface area contributed by atoms with Crippen LogP contribution in [0.25, 0.3) is 0 Å². The van der Waals surface area contributed by atoms with Crippen LogP contribution in [0.4, 0.5) is 11.4 Å². The Hall–Kier alpha value is -1.92. The Labute approximate surface area is 134 Å². The summed E-state index contributed by atoms with van der Waals surface area (Å²) in [6.07, 6.45) is 0. The first kappa shape index (κ1) is 14.0. The molecule has 3 N–H and O–H groups in total. The predicted octanol–water partition coefficient (Wildman–Crippen LogP) is 3.67. The molecule has 0 fully saturated rings. The van der Waals surface area contributed by atoms with Crippen LogP contribution in [0, 0.1) is 0 Å². The van der Waals surface area contributed by atoms with Gasteiger partial charge in [0.1, 0.15) is 0 Å².